The second kappa shape index (κ2) is 6.47. The molecular weight excluding hydrogens is 281 g/mol. The molecule has 1 aromatic rings. The number of carbonyl (C=O) groups is 1. The standard InChI is InChI=1S/C15H21F3N2O/c1-10(13(21)20-9-14(2,3)19)8-11-4-6-12(7-5-11)15(16,17)18/h4-7,10H,8-9,19H2,1-3H3,(H,20,21). The largest absolute Gasteiger partial charge is 0.416 e. The lowest BCUT2D eigenvalue weighted by atomic mass is 9.98. The Morgan fingerprint density at radius 1 is 1.24 bits per heavy atom. The molecule has 0 aliphatic rings. The highest BCUT2D eigenvalue weighted by Crippen LogP contribution is 2.29. The van der Waals surface area contributed by atoms with Crippen molar-refractivity contribution >= 4 is 5.91 Å². The fraction of sp³-hybridized carbons (Fsp3) is 0.533. The van der Waals surface area contributed by atoms with Gasteiger partial charge in [0.2, 0.25) is 5.91 Å². The van der Waals surface area contributed by atoms with Gasteiger partial charge in [-0.2, -0.15) is 13.2 Å². The summed E-state index contributed by atoms with van der Waals surface area (Å²) >= 11 is 0. The Bertz CT molecular complexity index is 475. The molecule has 1 unspecified atom stereocenters. The summed E-state index contributed by atoms with van der Waals surface area (Å²) in [5.74, 6) is -0.488. The third-order valence-electron chi connectivity index (χ3n) is 2.99. The minimum atomic E-state index is -4.34. The number of amides is 1. The van der Waals surface area contributed by atoms with E-state index in [2.05, 4.69) is 5.32 Å². The van der Waals surface area contributed by atoms with Gasteiger partial charge in [-0.05, 0) is 38.0 Å². The van der Waals surface area contributed by atoms with Crippen molar-refractivity contribution < 1.29 is 18.0 Å². The van der Waals surface area contributed by atoms with Crippen LogP contribution in [0.1, 0.15) is 31.9 Å². The average molecular weight is 302 g/mol. The highest BCUT2D eigenvalue weighted by Gasteiger charge is 2.30. The number of nitrogens with two attached hydrogens (primary N) is 1. The maximum atomic E-state index is 12.4. The fourth-order valence-corrected chi connectivity index (χ4v) is 1.77. The van der Waals surface area contributed by atoms with Gasteiger partial charge in [0.25, 0.3) is 0 Å². The second-order valence-corrected chi connectivity index (χ2v) is 6.01. The van der Waals surface area contributed by atoms with Crippen LogP contribution in [-0.2, 0) is 17.4 Å². The minimum Gasteiger partial charge on any atom is -0.354 e. The first-order valence-corrected chi connectivity index (χ1v) is 6.72. The Labute approximate surface area is 122 Å². The molecule has 0 saturated carbocycles. The van der Waals surface area contributed by atoms with Crippen molar-refractivity contribution in [3.8, 4) is 0 Å². The Morgan fingerprint density at radius 3 is 2.19 bits per heavy atom. The Kier molecular flexibility index (Phi) is 5.39. The first-order chi connectivity index (χ1) is 9.49. The third kappa shape index (κ3) is 6.16. The van der Waals surface area contributed by atoms with Crippen LogP contribution in [0.2, 0.25) is 0 Å². The SMILES string of the molecule is CC(Cc1ccc(C(F)(F)F)cc1)C(=O)NCC(C)(C)N. The molecule has 0 aromatic heterocycles. The monoisotopic (exact) mass is 302 g/mol. The van der Waals surface area contributed by atoms with Gasteiger partial charge >= 0.3 is 6.18 Å². The summed E-state index contributed by atoms with van der Waals surface area (Å²) in [5.41, 5.74) is 5.28. The molecule has 1 amide bonds. The zero-order valence-electron chi connectivity index (χ0n) is 12.4. The van der Waals surface area contributed by atoms with Crippen LogP contribution in [0.4, 0.5) is 13.2 Å². The van der Waals surface area contributed by atoms with Crippen molar-refractivity contribution in [2.75, 3.05) is 6.54 Å². The van der Waals surface area contributed by atoms with E-state index in [4.69, 9.17) is 5.73 Å². The average Bonchev–Trinajstić information content (AvgIpc) is 2.34. The summed E-state index contributed by atoms with van der Waals surface area (Å²) in [4.78, 5) is 11.9. The molecule has 0 bridgehead atoms. The Balaban J connectivity index is 2.58. The zero-order valence-corrected chi connectivity index (χ0v) is 12.4. The van der Waals surface area contributed by atoms with Crippen molar-refractivity contribution in [3.63, 3.8) is 0 Å². The van der Waals surface area contributed by atoms with Crippen LogP contribution < -0.4 is 11.1 Å². The van der Waals surface area contributed by atoms with E-state index in [9.17, 15) is 18.0 Å². The van der Waals surface area contributed by atoms with Gasteiger partial charge in [0.1, 0.15) is 0 Å². The number of hydrogen-bond acceptors (Lipinski definition) is 2. The molecule has 0 aliphatic heterocycles. The van der Waals surface area contributed by atoms with Crippen molar-refractivity contribution in [2.24, 2.45) is 11.7 Å². The number of nitrogens with one attached hydrogen (secondary N) is 1. The van der Waals surface area contributed by atoms with Gasteiger partial charge in [0, 0.05) is 18.0 Å². The van der Waals surface area contributed by atoms with Gasteiger partial charge < -0.3 is 11.1 Å². The number of hydrogen-bond donors (Lipinski definition) is 2. The molecule has 0 radical (unpaired) electrons. The molecule has 3 N–H and O–H groups in total. The molecule has 1 atom stereocenters. The Morgan fingerprint density at radius 2 is 1.76 bits per heavy atom. The lowest BCUT2D eigenvalue weighted by Gasteiger charge is -2.20. The first-order valence-electron chi connectivity index (χ1n) is 6.72. The highest BCUT2D eigenvalue weighted by atomic mass is 19.4. The van der Waals surface area contributed by atoms with Gasteiger partial charge in [0.05, 0.1) is 5.56 Å². The van der Waals surface area contributed by atoms with Crippen molar-refractivity contribution in [1.29, 1.82) is 0 Å². The summed E-state index contributed by atoms with van der Waals surface area (Å²) in [6.45, 7) is 5.68. The number of carbonyl (C=O) groups excluding carboxylic acids is 1. The van der Waals surface area contributed by atoms with Crippen LogP contribution in [0, 0.1) is 5.92 Å². The van der Waals surface area contributed by atoms with Crippen LogP contribution in [0.3, 0.4) is 0 Å². The summed E-state index contributed by atoms with van der Waals surface area (Å²) in [6.07, 6.45) is -3.96. The molecule has 3 nitrogen and oxygen atoms in total. The van der Waals surface area contributed by atoms with Crippen molar-refractivity contribution in [3.05, 3.63) is 35.4 Å². The summed E-state index contributed by atoms with van der Waals surface area (Å²) in [6, 6.07) is 4.87. The van der Waals surface area contributed by atoms with E-state index in [-0.39, 0.29) is 11.8 Å². The van der Waals surface area contributed by atoms with E-state index in [0.29, 0.717) is 18.5 Å². The maximum absolute atomic E-state index is 12.4. The normalized spacial score (nSPS) is 13.9. The summed E-state index contributed by atoms with van der Waals surface area (Å²) in [5, 5.41) is 2.73. The summed E-state index contributed by atoms with van der Waals surface area (Å²) < 4.78 is 37.3. The molecule has 21 heavy (non-hydrogen) atoms. The highest BCUT2D eigenvalue weighted by molar-refractivity contribution is 5.78. The lowest BCUT2D eigenvalue weighted by Crippen LogP contribution is -2.46. The molecule has 0 aliphatic carbocycles. The number of rotatable bonds is 5. The smallest absolute Gasteiger partial charge is 0.354 e. The predicted molar refractivity (Wildman–Crippen MR) is 75.6 cm³/mol. The molecule has 0 spiro atoms. The lowest BCUT2D eigenvalue weighted by molar-refractivity contribution is -0.137. The van der Waals surface area contributed by atoms with Gasteiger partial charge in [-0.3, -0.25) is 4.79 Å². The van der Waals surface area contributed by atoms with Gasteiger partial charge in [-0.15, -0.1) is 0 Å². The van der Waals surface area contributed by atoms with E-state index in [1.54, 1.807) is 20.8 Å². The van der Waals surface area contributed by atoms with Gasteiger partial charge in [0.15, 0.2) is 0 Å². The van der Waals surface area contributed by atoms with Crippen molar-refractivity contribution in [1.82, 2.24) is 5.32 Å². The van der Waals surface area contributed by atoms with E-state index in [0.717, 1.165) is 12.1 Å². The van der Waals surface area contributed by atoms with Gasteiger partial charge in [-0.1, -0.05) is 19.1 Å². The number of benzene rings is 1. The zero-order chi connectivity index (χ0) is 16.3. The van der Waals surface area contributed by atoms with Gasteiger partial charge in [-0.25, -0.2) is 0 Å². The first kappa shape index (κ1) is 17.5. The van der Waals surface area contributed by atoms with Crippen LogP contribution in [-0.4, -0.2) is 18.0 Å². The van der Waals surface area contributed by atoms with E-state index < -0.39 is 17.3 Å². The predicted octanol–water partition coefficient (Wildman–Crippen LogP) is 2.74. The number of alkyl halides is 3. The second-order valence-electron chi connectivity index (χ2n) is 6.01. The van der Waals surface area contributed by atoms with Crippen LogP contribution in [0.15, 0.2) is 24.3 Å². The van der Waals surface area contributed by atoms with Crippen molar-refractivity contribution in [2.45, 2.75) is 38.9 Å². The third-order valence-corrected chi connectivity index (χ3v) is 2.99. The van der Waals surface area contributed by atoms with Crippen LogP contribution >= 0.6 is 0 Å². The maximum Gasteiger partial charge on any atom is 0.416 e. The molecule has 1 aromatic carbocycles. The van der Waals surface area contributed by atoms with Crippen LogP contribution in [0.5, 0.6) is 0 Å². The van der Waals surface area contributed by atoms with E-state index in [1.807, 2.05) is 0 Å². The minimum absolute atomic E-state index is 0.159. The molecule has 0 fully saturated rings. The van der Waals surface area contributed by atoms with E-state index in [1.165, 1.54) is 12.1 Å². The quantitative estimate of drug-likeness (QED) is 0.878. The van der Waals surface area contributed by atoms with E-state index >= 15 is 0 Å². The number of halogens is 3. The molecule has 118 valence electrons. The Hall–Kier alpha value is -1.56. The molecule has 0 saturated heterocycles. The fourth-order valence-electron chi connectivity index (χ4n) is 1.77. The molecule has 1 rings (SSSR count). The topological polar surface area (TPSA) is 55.1 Å². The molecule has 6 heteroatoms. The van der Waals surface area contributed by atoms with Crippen LogP contribution in [0.25, 0.3) is 0 Å². The summed E-state index contributed by atoms with van der Waals surface area (Å²) in [7, 11) is 0. The molecule has 0 heterocycles. The molecular formula is C15H21F3N2O.